The number of hydrogen-bond acceptors (Lipinski definition) is 5. The van der Waals surface area contributed by atoms with E-state index in [4.69, 9.17) is 4.74 Å². The molecule has 7 heteroatoms. The van der Waals surface area contributed by atoms with Gasteiger partial charge in [-0.15, -0.1) is 0 Å². The minimum Gasteiger partial charge on any atom is -0.494 e. The Labute approximate surface area is 198 Å². The Kier molecular flexibility index (Phi) is 6.73. The van der Waals surface area contributed by atoms with Gasteiger partial charge in [-0.1, -0.05) is 37.3 Å². The van der Waals surface area contributed by atoms with Crippen LogP contribution in [0.2, 0.25) is 0 Å². The molecule has 0 fully saturated rings. The average Bonchev–Trinajstić information content (AvgIpc) is 3.08. The lowest BCUT2D eigenvalue weighted by molar-refractivity contribution is -0.120. The van der Waals surface area contributed by atoms with Crippen LogP contribution in [-0.2, 0) is 14.4 Å². The smallest absolute Gasteiger partial charge is 0.282 e. The van der Waals surface area contributed by atoms with Crippen LogP contribution in [0.1, 0.15) is 25.8 Å². The second-order valence-electron chi connectivity index (χ2n) is 7.79. The highest BCUT2D eigenvalue weighted by atomic mass is 16.5. The normalized spacial score (nSPS) is 13.3. The molecule has 34 heavy (non-hydrogen) atoms. The van der Waals surface area contributed by atoms with Gasteiger partial charge in [0.2, 0.25) is 5.91 Å². The number of rotatable bonds is 8. The monoisotopic (exact) mass is 455 g/mol. The summed E-state index contributed by atoms with van der Waals surface area (Å²) in [7, 11) is 0. The molecule has 7 nitrogen and oxygen atoms in total. The lowest BCUT2D eigenvalue weighted by Gasteiger charge is -2.15. The van der Waals surface area contributed by atoms with Crippen LogP contribution in [0.3, 0.4) is 0 Å². The van der Waals surface area contributed by atoms with Crippen LogP contribution >= 0.6 is 0 Å². The Bertz CT molecular complexity index is 1230. The third kappa shape index (κ3) is 4.83. The summed E-state index contributed by atoms with van der Waals surface area (Å²) in [5, 5.41) is 5.83. The van der Waals surface area contributed by atoms with E-state index in [2.05, 4.69) is 10.6 Å². The Morgan fingerprint density at radius 3 is 2.12 bits per heavy atom. The van der Waals surface area contributed by atoms with Crippen LogP contribution in [0.5, 0.6) is 5.75 Å². The molecule has 0 saturated heterocycles. The van der Waals surface area contributed by atoms with Gasteiger partial charge in [-0.3, -0.25) is 14.4 Å². The number of nitrogens with one attached hydrogen (secondary N) is 2. The van der Waals surface area contributed by atoms with Gasteiger partial charge in [-0.05, 0) is 60.5 Å². The van der Waals surface area contributed by atoms with Gasteiger partial charge in [-0.25, -0.2) is 4.90 Å². The third-order valence-electron chi connectivity index (χ3n) is 5.19. The van der Waals surface area contributed by atoms with E-state index >= 15 is 0 Å². The summed E-state index contributed by atoms with van der Waals surface area (Å²) in [6.45, 7) is 4.06. The first-order valence-corrected chi connectivity index (χ1v) is 11.0. The van der Waals surface area contributed by atoms with Crippen molar-refractivity contribution in [2.24, 2.45) is 0 Å². The zero-order valence-corrected chi connectivity index (χ0v) is 19.0. The van der Waals surface area contributed by atoms with E-state index < -0.39 is 11.8 Å². The maximum Gasteiger partial charge on any atom is 0.282 e. The number of ether oxygens (including phenoxy) is 1. The van der Waals surface area contributed by atoms with Gasteiger partial charge < -0.3 is 15.4 Å². The van der Waals surface area contributed by atoms with Gasteiger partial charge in [0.25, 0.3) is 11.8 Å². The molecule has 0 saturated carbocycles. The molecule has 0 atom stereocenters. The molecular weight excluding hydrogens is 430 g/mol. The highest BCUT2D eigenvalue weighted by molar-refractivity contribution is 6.46. The first-order chi connectivity index (χ1) is 16.5. The number of benzene rings is 3. The molecule has 2 N–H and O–H groups in total. The summed E-state index contributed by atoms with van der Waals surface area (Å²) in [5.74, 6) is -0.322. The number of imide groups is 1. The van der Waals surface area contributed by atoms with Crippen molar-refractivity contribution < 1.29 is 19.1 Å². The van der Waals surface area contributed by atoms with Crippen molar-refractivity contribution in [2.45, 2.75) is 20.3 Å². The summed E-state index contributed by atoms with van der Waals surface area (Å²) in [4.78, 5) is 39.4. The predicted octanol–water partition coefficient (Wildman–Crippen LogP) is 4.83. The number of anilines is 3. The van der Waals surface area contributed by atoms with Crippen molar-refractivity contribution >= 4 is 40.4 Å². The number of amides is 3. The van der Waals surface area contributed by atoms with E-state index in [0.717, 1.165) is 6.42 Å². The average molecular weight is 456 g/mol. The van der Waals surface area contributed by atoms with Gasteiger partial charge in [0.05, 0.1) is 17.9 Å². The third-order valence-corrected chi connectivity index (χ3v) is 5.19. The minimum atomic E-state index is -0.441. The molecule has 172 valence electrons. The first kappa shape index (κ1) is 22.8. The zero-order valence-electron chi connectivity index (χ0n) is 19.0. The molecule has 0 unspecified atom stereocenters. The lowest BCUT2D eigenvalue weighted by Crippen LogP contribution is -2.32. The van der Waals surface area contributed by atoms with Gasteiger partial charge in [0.15, 0.2) is 0 Å². The largest absolute Gasteiger partial charge is 0.494 e. The molecule has 0 spiro atoms. The molecule has 1 aliphatic rings. The molecule has 0 aliphatic carbocycles. The summed E-state index contributed by atoms with van der Waals surface area (Å²) in [6.07, 6.45) is 0.890. The fourth-order valence-electron chi connectivity index (χ4n) is 3.65. The predicted molar refractivity (Wildman–Crippen MR) is 132 cm³/mol. The zero-order chi connectivity index (χ0) is 24.1. The minimum absolute atomic E-state index is 0.174. The van der Waals surface area contributed by atoms with Crippen LogP contribution in [-0.4, -0.2) is 24.3 Å². The maximum atomic E-state index is 13.5. The molecule has 1 aliphatic heterocycles. The molecular formula is C27H25N3O4. The molecule has 3 aromatic rings. The van der Waals surface area contributed by atoms with Crippen LogP contribution in [0, 0.1) is 0 Å². The Morgan fingerprint density at radius 2 is 1.50 bits per heavy atom. The highest BCUT2D eigenvalue weighted by Crippen LogP contribution is 2.34. The fourth-order valence-corrected chi connectivity index (χ4v) is 3.65. The SMILES string of the molecule is CCCOc1ccc(C2=C(Nc3ccc(NC(C)=O)cc3)C(=O)N(c3ccccc3)C2=O)cc1. The molecule has 1 heterocycles. The summed E-state index contributed by atoms with van der Waals surface area (Å²) >= 11 is 0. The fraction of sp³-hybridized carbons (Fsp3) is 0.148. The van der Waals surface area contributed by atoms with E-state index in [-0.39, 0.29) is 17.2 Å². The first-order valence-electron chi connectivity index (χ1n) is 11.0. The number of carbonyl (C=O) groups excluding carboxylic acids is 3. The highest BCUT2D eigenvalue weighted by Gasteiger charge is 2.40. The molecule has 0 aromatic heterocycles. The summed E-state index contributed by atoms with van der Waals surface area (Å²) in [5.41, 5.74) is 2.81. The van der Waals surface area contributed by atoms with Crippen molar-refractivity contribution in [1.82, 2.24) is 0 Å². The van der Waals surface area contributed by atoms with Crippen molar-refractivity contribution in [3.8, 4) is 5.75 Å². The van der Waals surface area contributed by atoms with Gasteiger partial charge >= 0.3 is 0 Å². The van der Waals surface area contributed by atoms with Crippen molar-refractivity contribution in [2.75, 3.05) is 22.1 Å². The summed E-state index contributed by atoms with van der Waals surface area (Å²) in [6, 6.07) is 22.9. The second-order valence-corrected chi connectivity index (χ2v) is 7.79. The van der Waals surface area contributed by atoms with Gasteiger partial charge in [0, 0.05) is 18.3 Å². The molecule has 4 rings (SSSR count). The number of carbonyl (C=O) groups is 3. The Balaban J connectivity index is 1.71. The Hall–Kier alpha value is -4.39. The van der Waals surface area contributed by atoms with E-state index in [1.807, 2.05) is 13.0 Å². The van der Waals surface area contributed by atoms with Crippen LogP contribution in [0.4, 0.5) is 17.1 Å². The van der Waals surface area contributed by atoms with E-state index in [0.29, 0.717) is 35.0 Å². The standard InChI is InChI=1S/C27H25N3O4/c1-3-17-34-23-15-9-19(10-16-23)24-25(29-21-13-11-20(12-14-21)28-18(2)31)27(33)30(26(24)32)22-7-5-4-6-8-22/h4-16,29H,3,17H2,1-2H3,(H,28,31). The second kappa shape index (κ2) is 10.0. The number of para-hydroxylation sites is 1. The molecule has 3 amide bonds. The van der Waals surface area contributed by atoms with Crippen LogP contribution in [0.25, 0.3) is 5.57 Å². The quantitative estimate of drug-likeness (QED) is 0.475. The Morgan fingerprint density at radius 1 is 0.853 bits per heavy atom. The number of nitrogens with zero attached hydrogens (tertiary/aromatic N) is 1. The van der Waals surface area contributed by atoms with Crippen molar-refractivity contribution in [3.63, 3.8) is 0 Å². The topological polar surface area (TPSA) is 87.7 Å². The van der Waals surface area contributed by atoms with Gasteiger partial charge in [0.1, 0.15) is 11.4 Å². The van der Waals surface area contributed by atoms with Crippen LogP contribution in [0.15, 0.2) is 84.6 Å². The van der Waals surface area contributed by atoms with Gasteiger partial charge in [-0.2, -0.15) is 0 Å². The van der Waals surface area contributed by atoms with E-state index in [9.17, 15) is 14.4 Å². The number of hydrogen-bond donors (Lipinski definition) is 2. The molecule has 0 radical (unpaired) electrons. The summed E-state index contributed by atoms with van der Waals surface area (Å²) < 4.78 is 5.65. The van der Waals surface area contributed by atoms with Crippen molar-refractivity contribution in [3.05, 3.63) is 90.1 Å². The van der Waals surface area contributed by atoms with Crippen LogP contribution < -0.4 is 20.3 Å². The maximum absolute atomic E-state index is 13.5. The van der Waals surface area contributed by atoms with E-state index in [1.54, 1.807) is 72.8 Å². The van der Waals surface area contributed by atoms with Crippen molar-refractivity contribution in [1.29, 1.82) is 0 Å². The lowest BCUT2D eigenvalue weighted by atomic mass is 10.0. The van der Waals surface area contributed by atoms with E-state index in [1.165, 1.54) is 11.8 Å². The molecule has 0 bridgehead atoms. The molecule has 3 aromatic carbocycles.